The second-order valence-electron chi connectivity index (χ2n) is 7.58. The highest BCUT2D eigenvalue weighted by Gasteiger charge is 2.30. The molecule has 0 aromatic heterocycles. The minimum atomic E-state index is -1.41. The van der Waals surface area contributed by atoms with Crippen LogP contribution in [0.15, 0.2) is 24.3 Å². The maximum absolute atomic E-state index is 12.9. The molecule has 0 radical (unpaired) electrons. The van der Waals surface area contributed by atoms with Crippen LogP contribution in [0.3, 0.4) is 0 Å². The second-order valence-corrected chi connectivity index (χ2v) is 7.58. The van der Waals surface area contributed by atoms with E-state index in [1.54, 1.807) is 18.2 Å². The summed E-state index contributed by atoms with van der Waals surface area (Å²) in [4.78, 5) is 50.6. The molecular weight excluding hydrogens is 436 g/mol. The molecule has 4 amide bonds. The number of rotatable bonds is 5. The number of nitrogens with one attached hydrogen (secondary N) is 4. The molecule has 12 heteroatoms. The monoisotopic (exact) mass is 466 g/mol. The van der Waals surface area contributed by atoms with Gasteiger partial charge >= 0.3 is 0 Å². The van der Waals surface area contributed by atoms with Crippen molar-refractivity contribution in [3.8, 4) is 5.75 Å². The van der Waals surface area contributed by atoms with Gasteiger partial charge in [0.2, 0.25) is 17.7 Å². The molecule has 3 atom stereocenters. The zero-order valence-corrected chi connectivity index (χ0v) is 18.2. The van der Waals surface area contributed by atoms with E-state index in [2.05, 4.69) is 21.3 Å². The molecule has 0 spiro atoms. The van der Waals surface area contributed by atoms with Gasteiger partial charge in [-0.25, -0.2) is 0 Å². The third kappa shape index (κ3) is 7.70. The number of fused-ring (bicyclic) bond motifs is 1. The molecule has 12 nitrogen and oxygen atoms in total. The third-order valence-corrected chi connectivity index (χ3v) is 4.89. The lowest BCUT2D eigenvalue weighted by atomic mass is 10.1. The summed E-state index contributed by atoms with van der Waals surface area (Å²) in [5.74, 6) is -2.64. The Hall–Kier alpha value is -3.22. The number of amides is 4. The summed E-state index contributed by atoms with van der Waals surface area (Å²) in [5, 5.41) is 38.2. The molecule has 0 bridgehead atoms. The van der Waals surface area contributed by atoms with Gasteiger partial charge in [0.25, 0.3) is 5.91 Å². The topological polar surface area (TPSA) is 186 Å². The highest BCUT2D eigenvalue weighted by molar-refractivity contribution is 6.01. The van der Waals surface area contributed by atoms with Crippen LogP contribution in [-0.4, -0.2) is 89.5 Å². The van der Waals surface area contributed by atoms with Crippen molar-refractivity contribution in [3.05, 3.63) is 29.8 Å². The Kier molecular flexibility index (Phi) is 10.0. The fraction of sp³-hybridized carbons (Fsp3) is 0.524. The molecule has 1 aliphatic heterocycles. The minimum absolute atomic E-state index is 0.136. The Morgan fingerprint density at radius 2 is 1.88 bits per heavy atom. The third-order valence-electron chi connectivity index (χ3n) is 4.89. The van der Waals surface area contributed by atoms with Crippen molar-refractivity contribution in [2.45, 2.75) is 44.0 Å². The first kappa shape index (κ1) is 26.0. The van der Waals surface area contributed by atoms with Crippen LogP contribution in [0.4, 0.5) is 0 Å². The van der Waals surface area contributed by atoms with E-state index in [1.807, 2.05) is 0 Å². The van der Waals surface area contributed by atoms with Gasteiger partial charge in [0.05, 0.1) is 44.0 Å². The van der Waals surface area contributed by atoms with E-state index < -0.39 is 67.5 Å². The van der Waals surface area contributed by atoms with Crippen molar-refractivity contribution in [1.29, 1.82) is 0 Å². The lowest BCUT2D eigenvalue weighted by Gasteiger charge is -2.24. The Bertz CT molecular complexity index is 843. The van der Waals surface area contributed by atoms with Gasteiger partial charge in [0.15, 0.2) is 0 Å². The molecule has 0 saturated carbocycles. The Morgan fingerprint density at radius 1 is 1.18 bits per heavy atom. The highest BCUT2D eigenvalue weighted by atomic mass is 16.5. The van der Waals surface area contributed by atoms with Crippen molar-refractivity contribution in [2.24, 2.45) is 0 Å². The van der Waals surface area contributed by atoms with E-state index in [0.29, 0.717) is 6.42 Å². The van der Waals surface area contributed by atoms with E-state index in [9.17, 15) is 34.5 Å². The zero-order chi connectivity index (χ0) is 24.4. The molecule has 1 aliphatic rings. The summed E-state index contributed by atoms with van der Waals surface area (Å²) in [7, 11) is 0. The summed E-state index contributed by atoms with van der Waals surface area (Å²) in [6, 6.07) is 2.66. The fourth-order valence-corrected chi connectivity index (χ4v) is 3.07. The summed E-state index contributed by atoms with van der Waals surface area (Å²) in [6.07, 6.45) is -1.39. The number of carbonyl (C=O) groups excluding carboxylic acids is 4. The first-order valence-corrected chi connectivity index (χ1v) is 10.6. The quantitative estimate of drug-likeness (QED) is 0.246. The van der Waals surface area contributed by atoms with Crippen molar-refractivity contribution in [3.63, 3.8) is 0 Å². The van der Waals surface area contributed by atoms with Crippen LogP contribution in [0, 0.1) is 0 Å². The number of ether oxygens (including phenoxy) is 1. The number of carbonyl (C=O) groups is 4. The number of aliphatic hydroxyl groups excluding tert-OH is 3. The first-order chi connectivity index (χ1) is 15.8. The average Bonchev–Trinajstić information content (AvgIpc) is 2.79. The van der Waals surface area contributed by atoms with Crippen molar-refractivity contribution < 1.29 is 39.2 Å². The number of para-hydroxylation sites is 1. The molecule has 0 saturated heterocycles. The van der Waals surface area contributed by atoms with Crippen LogP contribution in [0.25, 0.3) is 0 Å². The molecule has 0 unspecified atom stereocenters. The van der Waals surface area contributed by atoms with E-state index in [0.717, 1.165) is 0 Å². The molecule has 1 aromatic carbocycles. The molecule has 2 rings (SSSR count). The van der Waals surface area contributed by atoms with Gasteiger partial charge in [-0.1, -0.05) is 12.1 Å². The molecule has 0 aliphatic carbocycles. The lowest BCUT2D eigenvalue weighted by Crippen LogP contribution is -2.56. The maximum atomic E-state index is 12.9. The Labute approximate surface area is 190 Å². The van der Waals surface area contributed by atoms with Crippen LogP contribution >= 0.6 is 0 Å². The maximum Gasteiger partial charge on any atom is 0.255 e. The van der Waals surface area contributed by atoms with E-state index in [1.165, 1.54) is 13.0 Å². The highest BCUT2D eigenvalue weighted by Crippen LogP contribution is 2.18. The molecule has 182 valence electrons. The van der Waals surface area contributed by atoms with Gasteiger partial charge in [-0.15, -0.1) is 0 Å². The molecule has 1 heterocycles. The lowest BCUT2D eigenvalue weighted by molar-refractivity contribution is -0.133. The molecule has 7 N–H and O–H groups in total. The number of benzene rings is 1. The van der Waals surface area contributed by atoms with Gasteiger partial charge < -0.3 is 41.3 Å². The van der Waals surface area contributed by atoms with Gasteiger partial charge in [-0.05, 0) is 25.5 Å². The second kappa shape index (κ2) is 12.7. The van der Waals surface area contributed by atoms with E-state index in [4.69, 9.17) is 4.74 Å². The number of aliphatic hydroxyl groups is 3. The Morgan fingerprint density at radius 3 is 2.55 bits per heavy atom. The molecule has 33 heavy (non-hydrogen) atoms. The SMILES string of the molecule is C[C@@H](O)[C@@H]1NC(=O)C[C@@H](C(=O)NC(CO)CO)NC(=O)c2ccccc2OCCCNC1=O. The van der Waals surface area contributed by atoms with E-state index in [-0.39, 0.29) is 24.5 Å². The van der Waals surface area contributed by atoms with Crippen LogP contribution < -0.4 is 26.0 Å². The minimum Gasteiger partial charge on any atom is -0.493 e. The number of hydrogen-bond donors (Lipinski definition) is 7. The van der Waals surface area contributed by atoms with Gasteiger partial charge in [0.1, 0.15) is 17.8 Å². The van der Waals surface area contributed by atoms with Crippen LogP contribution in [0.2, 0.25) is 0 Å². The molecule has 1 aromatic rings. The van der Waals surface area contributed by atoms with Crippen LogP contribution in [-0.2, 0) is 14.4 Å². The van der Waals surface area contributed by atoms with Gasteiger partial charge in [-0.2, -0.15) is 0 Å². The van der Waals surface area contributed by atoms with Crippen molar-refractivity contribution in [2.75, 3.05) is 26.4 Å². The first-order valence-electron chi connectivity index (χ1n) is 10.6. The number of hydrogen-bond acceptors (Lipinski definition) is 8. The van der Waals surface area contributed by atoms with Gasteiger partial charge in [0, 0.05) is 6.54 Å². The normalized spacial score (nSPS) is 21.3. The standard InChI is InChI=1S/C21H30N4O8/c1-12(28)18-21(32)22-7-4-8-33-16-6-3-2-5-14(16)19(30)24-15(9-17(29)25-18)20(31)23-13(10-26)11-27/h2-3,5-6,12-13,15,18,26-28H,4,7-11H2,1H3,(H,22,32)(H,23,31)(H,24,30)(H,25,29)/t12-,15+,18+/m1/s1. The summed E-state index contributed by atoms with van der Waals surface area (Å²) < 4.78 is 5.65. The van der Waals surface area contributed by atoms with Crippen molar-refractivity contribution in [1.82, 2.24) is 21.3 Å². The molecule has 0 fully saturated rings. The summed E-state index contributed by atoms with van der Waals surface area (Å²) in [5.41, 5.74) is 0.136. The Balaban J connectivity index is 2.34. The van der Waals surface area contributed by atoms with Crippen LogP contribution in [0.1, 0.15) is 30.1 Å². The van der Waals surface area contributed by atoms with E-state index >= 15 is 0 Å². The predicted octanol–water partition coefficient (Wildman–Crippen LogP) is -2.59. The summed E-state index contributed by atoms with van der Waals surface area (Å²) in [6.45, 7) is 0.597. The largest absolute Gasteiger partial charge is 0.493 e. The smallest absolute Gasteiger partial charge is 0.255 e. The predicted molar refractivity (Wildman–Crippen MR) is 115 cm³/mol. The average molecular weight is 466 g/mol. The van der Waals surface area contributed by atoms with Crippen molar-refractivity contribution >= 4 is 23.6 Å². The summed E-state index contributed by atoms with van der Waals surface area (Å²) >= 11 is 0. The van der Waals surface area contributed by atoms with Crippen LogP contribution in [0.5, 0.6) is 5.75 Å². The van der Waals surface area contributed by atoms with Gasteiger partial charge in [-0.3, -0.25) is 19.2 Å². The molecular formula is C21H30N4O8. The zero-order valence-electron chi connectivity index (χ0n) is 18.2. The fourth-order valence-electron chi connectivity index (χ4n) is 3.07.